The van der Waals surface area contributed by atoms with E-state index in [1.807, 2.05) is 0 Å². The van der Waals surface area contributed by atoms with Crippen molar-refractivity contribution in [2.45, 2.75) is 13.8 Å². The number of aryl methyl sites for hydroxylation is 2. The number of hydrogen-bond acceptors (Lipinski definition) is 2. The number of anilines is 2. The molecule has 0 N–H and O–H groups in total. The van der Waals surface area contributed by atoms with E-state index in [2.05, 4.69) is 86.3 Å². The van der Waals surface area contributed by atoms with Crippen molar-refractivity contribution in [1.82, 2.24) is 4.90 Å². The van der Waals surface area contributed by atoms with Crippen LogP contribution in [0.2, 0.25) is 0 Å². The Morgan fingerprint density at radius 3 is 1.40 bits per heavy atom. The molecule has 2 rings (SSSR count). The lowest BCUT2D eigenvalue weighted by Gasteiger charge is -2.27. The fourth-order valence-corrected chi connectivity index (χ4v) is 2.16. The van der Waals surface area contributed by atoms with Crippen molar-refractivity contribution in [1.29, 1.82) is 0 Å². The Morgan fingerprint density at radius 2 is 1.05 bits per heavy atom. The fourth-order valence-electron chi connectivity index (χ4n) is 2.16. The van der Waals surface area contributed by atoms with E-state index < -0.39 is 0 Å². The van der Waals surface area contributed by atoms with Crippen LogP contribution in [0.25, 0.3) is 0 Å². The molecule has 20 heavy (non-hydrogen) atoms. The lowest BCUT2D eigenvalue weighted by atomic mass is 10.1. The van der Waals surface area contributed by atoms with Crippen LogP contribution in [0.4, 0.5) is 11.4 Å². The van der Waals surface area contributed by atoms with Gasteiger partial charge in [-0.15, -0.1) is 0 Å². The van der Waals surface area contributed by atoms with E-state index in [1.54, 1.807) is 0 Å². The highest BCUT2D eigenvalue weighted by Gasteiger charge is 2.09. The van der Waals surface area contributed by atoms with Crippen LogP contribution in [0.1, 0.15) is 11.1 Å². The predicted octanol–water partition coefficient (Wildman–Crippen LogP) is 4.00. The zero-order valence-corrected chi connectivity index (χ0v) is 12.9. The standard InChI is InChI=1S/C18H24N2/c1-15-5-9-17(10-6-15)20(14-13-19(3)4)18-11-7-16(2)8-12-18/h5-12H,13-14H2,1-4H3. The van der Waals surface area contributed by atoms with Crippen molar-refractivity contribution in [3.05, 3.63) is 59.7 Å². The van der Waals surface area contributed by atoms with Crippen LogP contribution >= 0.6 is 0 Å². The second-order valence-corrected chi connectivity index (χ2v) is 5.63. The first kappa shape index (κ1) is 14.6. The minimum Gasteiger partial charge on any atom is -0.340 e. The van der Waals surface area contributed by atoms with Gasteiger partial charge in [0.1, 0.15) is 0 Å². The number of rotatable bonds is 5. The van der Waals surface area contributed by atoms with E-state index in [9.17, 15) is 0 Å². The molecular formula is C18H24N2. The molecule has 0 aliphatic carbocycles. The van der Waals surface area contributed by atoms with Gasteiger partial charge in [-0.25, -0.2) is 0 Å². The van der Waals surface area contributed by atoms with E-state index >= 15 is 0 Å². The SMILES string of the molecule is Cc1ccc(N(CCN(C)C)c2ccc(C)cc2)cc1. The molecule has 2 nitrogen and oxygen atoms in total. The summed E-state index contributed by atoms with van der Waals surface area (Å²) in [6.07, 6.45) is 0. The highest BCUT2D eigenvalue weighted by molar-refractivity contribution is 5.63. The normalized spacial score (nSPS) is 10.8. The van der Waals surface area contributed by atoms with Crippen LogP contribution in [-0.4, -0.2) is 32.1 Å². The lowest BCUT2D eigenvalue weighted by Crippen LogP contribution is -2.28. The summed E-state index contributed by atoms with van der Waals surface area (Å²) >= 11 is 0. The topological polar surface area (TPSA) is 6.48 Å². The van der Waals surface area contributed by atoms with Gasteiger partial charge in [-0.05, 0) is 52.2 Å². The summed E-state index contributed by atoms with van der Waals surface area (Å²) in [5.74, 6) is 0. The molecule has 0 spiro atoms. The maximum absolute atomic E-state index is 2.37. The number of nitrogens with zero attached hydrogens (tertiary/aromatic N) is 2. The highest BCUT2D eigenvalue weighted by atomic mass is 15.2. The second kappa shape index (κ2) is 6.58. The molecule has 0 radical (unpaired) electrons. The van der Waals surface area contributed by atoms with Gasteiger partial charge in [0.2, 0.25) is 0 Å². The van der Waals surface area contributed by atoms with E-state index in [1.165, 1.54) is 22.5 Å². The van der Waals surface area contributed by atoms with Gasteiger partial charge in [0, 0.05) is 24.5 Å². The summed E-state index contributed by atoms with van der Waals surface area (Å²) in [6, 6.07) is 17.5. The predicted molar refractivity (Wildman–Crippen MR) is 87.9 cm³/mol. The van der Waals surface area contributed by atoms with Crippen LogP contribution < -0.4 is 4.90 Å². The lowest BCUT2D eigenvalue weighted by molar-refractivity contribution is 0.419. The molecule has 0 aliphatic rings. The summed E-state index contributed by atoms with van der Waals surface area (Å²) in [7, 11) is 4.23. The molecule has 106 valence electrons. The van der Waals surface area contributed by atoms with Gasteiger partial charge in [-0.1, -0.05) is 35.4 Å². The summed E-state index contributed by atoms with van der Waals surface area (Å²) in [6.45, 7) is 6.26. The molecule has 0 atom stereocenters. The number of benzene rings is 2. The summed E-state index contributed by atoms with van der Waals surface area (Å²) < 4.78 is 0. The van der Waals surface area contributed by atoms with Gasteiger partial charge in [-0.2, -0.15) is 0 Å². The first-order chi connectivity index (χ1) is 9.56. The van der Waals surface area contributed by atoms with Gasteiger partial charge in [0.05, 0.1) is 0 Å². The molecule has 0 saturated carbocycles. The first-order valence-electron chi connectivity index (χ1n) is 7.12. The van der Waals surface area contributed by atoms with Gasteiger partial charge < -0.3 is 9.80 Å². The van der Waals surface area contributed by atoms with Crippen molar-refractivity contribution < 1.29 is 0 Å². The quantitative estimate of drug-likeness (QED) is 0.808. The smallest absolute Gasteiger partial charge is 0.0411 e. The molecule has 0 heterocycles. The van der Waals surface area contributed by atoms with Crippen LogP contribution in [0, 0.1) is 13.8 Å². The van der Waals surface area contributed by atoms with Crippen LogP contribution in [0.15, 0.2) is 48.5 Å². The van der Waals surface area contributed by atoms with Gasteiger partial charge in [0.15, 0.2) is 0 Å². The van der Waals surface area contributed by atoms with Gasteiger partial charge >= 0.3 is 0 Å². The van der Waals surface area contributed by atoms with Crippen molar-refractivity contribution in [2.75, 3.05) is 32.1 Å². The molecule has 0 aliphatic heterocycles. The largest absolute Gasteiger partial charge is 0.340 e. The van der Waals surface area contributed by atoms with E-state index in [-0.39, 0.29) is 0 Å². The van der Waals surface area contributed by atoms with Crippen molar-refractivity contribution in [3.8, 4) is 0 Å². The van der Waals surface area contributed by atoms with Crippen molar-refractivity contribution in [3.63, 3.8) is 0 Å². The molecule has 2 aromatic carbocycles. The first-order valence-corrected chi connectivity index (χ1v) is 7.12. The molecule has 2 heteroatoms. The summed E-state index contributed by atoms with van der Waals surface area (Å²) in [5, 5.41) is 0. The molecule has 0 unspecified atom stereocenters. The van der Waals surface area contributed by atoms with E-state index in [0.29, 0.717) is 0 Å². The Kier molecular flexibility index (Phi) is 4.80. The molecule has 0 aromatic heterocycles. The third-order valence-electron chi connectivity index (χ3n) is 3.46. The number of likely N-dealkylation sites (N-methyl/N-ethyl adjacent to an activating group) is 1. The molecule has 0 amide bonds. The third-order valence-corrected chi connectivity index (χ3v) is 3.46. The average molecular weight is 268 g/mol. The zero-order valence-electron chi connectivity index (χ0n) is 12.9. The highest BCUT2D eigenvalue weighted by Crippen LogP contribution is 2.25. The zero-order chi connectivity index (χ0) is 14.5. The van der Waals surface area contributed by atoms with Gasteiger partial charge in [-0.3, -0.25) is 0 Å². The van der Waals surface area contributed by atoms with Crippen molar-refractivity contribution in [2.24, 2.45) is 0 Å². The Bertz CT molecular complexity index is 481. The van der Waals surface area contributed by atoms with Gasteiger partial charge in [0.25, 0.3) is 0 Å². The van der Waals surface area contributed by atoms with E-state index in [4.69, 9.17) is 0 Å². The third kappa shape index (κ3) is 3.84. The molecule has 2 aromatic rings. The Balaban J connectivity index is 2.28. The Labute approximate surface area is 122 Å². The summed E-state index contributed by atoms with van der Waals surface area (Å²) in [4.78, 5) is 4.59. The van der Waals surface area contributed by atoms with E-state index in [0.717, 1.165) is 13.1 Å². The monoisotopic (exact) mass is 268 g/mol. The van der Waals surface area contributed by atoms with Crippen LogP contribution in [-0.2, 0) is 0 Å². The van der Waals surface area contributed by atoms with Crippen LogP contribution in [0.5, 0.6) is 0 Å². The maximum Gasteiger partial charge on any atom is 0.0411 e. The minimum absolute atomic E-state index is 0.985. The molecule has 0 fully saturated rings. The maximum atomic E-state index is 2.37. The Morgan fingerprint density at radius 1 is 0.650 bits per heavy atom. The Hall–Kier alpha value is -1.80. The molecular weight excluding hydrogens is 244 g/mol. The fraction of sp³-hybridized carbons (Fsp3) is 0.333. The average Bonchev–Trinajstić information content (AvgIpc) is 2.42. The molecule has 0 saturated heterocycles. The number of hydrogen-bond donors (Lipinski definition) is 0. The second-order valence-electron chi connectivity index (χ2n) is 5.63. The summed E-state index contributed by atoms with van der Waals surface area (Å²) in [5.41, 5.74) is 5.10. The minimum atomic E-state index is 0.985. The van der Waals surface area contributed by atoms with Crippen LogP contribution in [0.3, 0.4) is 0 Å². The molecule has 0 bridgehead atoms. The van der Waals surface area contributed by atoms with Crippen molar-refractivity contribution >= 4 is 11.4 Å².